The van der Waals surface area contributed by atoms with Crippen molar-refractivity contribution in [3.05, 3.63) is 47.0 Å². The summed E-state index contributed by atoms with van der Waals surface area (Å²) in [7, 11) is 0. The van der Waals surface area contributed by atoms with Crippen LogP contribution in [0.1, 0.15) is 96.8 Å². The molecule has 1 aromatic rings. The lowest BCUT2D eigenvalue weighted by Crippen LogP contribution is -2.56. The van der Waals surface area contributed by atoms with E-state index in [0.717, 1.165) is 0 Å². The predicted molar refractivity (Wildman–Crippen MR) is 191 cm³/mol. The summed E-state index contributed by atoms with van der Waals surface area (Å²) in [6.45, 7) is 8.44. The van der Waals surface area contributed by atoms with Gasteiger partial charge in [0.2, 0.25) is 12.0 Å². The monoisotopic (exact) mass is 748 g/mol. The van der Waals surface area contributed by atoms with E-state index in [1.807, 2.05) is 6.92 Å². The van der Waals surface area contributed by atoms with Crippen LogP contribution >= 0.6 is 0 Å². The maximum atomic E-state index is 13.7. The first-order valence-corrected chi connectivity index (χ1v) is 18.0. The van der Waals surface area contributed by atoms with Crippen LogP contribution in [0.3, 0.4) is 0 Å². The van der Waals surface area contributed by atoms with Gasteiger partial charge >= 0.3 is 23.9 Å². The zero-order valence-electron chi connectivity index (χ0n) is 31.7. The molecule has 1 aromatic carbocycles. The number of ether oxygens (including phenoxy) is 5. The molecule has 0 fully saturated rings. The van der Waals surface area contributed by atoms with Crippen molar-refractivity contribution in [2.24, 2.45) is 5.41 Å². The summed E-state index contributed by atoms with van der Waals surface area (Å²) in [6, 6.07) is 8.17. The molecule has 2 amide bonds. The van der Waals surface area contributed by atoms with Gasteiger partial charge in [0.25, 0.3) is 5.91 Å². The summed E-state index contributed by atoms with van der Waals surface area (Å²) in [6.07, 6.45) is -0.816. The fraction of sp³-hybridized carbons (Fsp3) is 0.632. The van der Waals surface area contributed by atoms with Gasteiger partial charge in [-0.3, -0.25) is 19.2 Å². The second kappa shape index (κ2) is 22.0. The molecule has 0 radical (unpaired) electrons. The van der Waals surface area contributed by atoms with E-state index >= 15 is 0 Å². The Hall–Kier alpha value is -4.34. The van der Waals surface area contributed by atoms with Crippen LogP contribution in [-0.4, -0.2) is 109 Å². The number of esters is 4. The largest absolute Gasteiger partial charge is 0.466 e. The van der Waals surface area contributed by atoms with Gasteiger partial charge < -0.3 is 44.5 Å². The first-order chi connectivity index (χ1) is 25.1. The summed E-state index contributed by atoms with van der Waals surface area (Å²) in [5.41, 5.74) is -1.34. The molecule has 0 spiro atoms. The second-order valence-corrected chi connectivity index (χ2v) is 13.4. The summed E-state index contributed by atoms with van der Waals surface area (Å²) >= 11 is 0. The lowest BCUT2D eigenvalue weighted by atomic mass is 9.59. The molecule has 296 valence electrons. The Morgan fingerprint density at radius 1 is 0.943 bits per heavy atom. The summed E-state index contributed by atoms with van der Waals surface area (Å²) in [4.78, 5) is 74.9. The van der Waals surface area contributed by atoms with Crippen LogP contribution < -0.4 is 10.6 Å². The zero-order valence-corrected chi connectivity index (χ0v) is 31.7. The third-order valence-electron chi connectivity index (χ3n) is 9.14. The van der Waals surface area contributed by atoms with Gasteiger partial charge in [0.15, 0.2) is 0 Å². The van der Waals surface area contributed by atoms with E-state index < -0.39 is 85.4 Å². The SMILES string of the molecule is CCC[C@]1(O)C[C@H](OC(=O)[C@@H](CNC(=O)c2ccccc2)OC(=O)COCC(=O)NCCCCCC(=O)OCC)C(C)=C([C@H](CO)OC(C)=O)C1(C)C. The lowest BCUT2D eigenvalue weighted by Gasteiger charge is -2.52. The fourth-order valence-corrected chi connectivity index (χ4v) is 6.40. The third kappa shape index (κ3) is 13.9. The minimum Gasteiger partial charge on any atom is -0.466 e. The minimum atomic E-state index is -1.66. The molecule has 0 bridgehead atoms. The Kier molecular flexibility index (Phi) is 18.6. The van der Waals surface area contributed by atoms with E-state index in [1.165, 1.54) is 6.92 Å². The van der Waals surface area contributed by atoms with Gasteiger partial charge in [0, 0.05) is 37.3 Å². The average molecular weight is 749 g/mol. The molecule has 1 aliphatic carbocycles. The maximum Gasteiger partial charge on any atom is 0.349 e. The molecule has 4 N–H and O–H groups in total. The van der Waals surface area contributed by atoms with Crippen molar-refractivity contribution in [2.75, 3.05) is 39.5 Å². The van der Waals surface area contributed by atoms with Crippen LogP contribution in [0.4, 0.5) is 0 Å². The van der Waals surface area contributed by atoms with E-state index in [0.29, 0.717) is 62.0 Å². The van der Waals surface area contributed by atoms with Crippen molar-refractivity contribution in [1.82, 2.24) is 10.6 Å². The molecule has 0 unspecified atom stereocenters. The van der Waals surface area contributed by atoms with Crippen molar-refractivity contribution in [3.8, 4) is 0 Å². The smallest absolute Gasteiger partial charge is 0.349 e. The number of carbonyl (C=O) groups excluding carboxylic acids is 6. The first kappa shape index (κ1) is 44.8. The number of hydrogen-bond donors (Lipinski definition) is 4. The van der Waals surface area contributed by atoms with Crippen molar-refractivity contribution in [3.63, 3.8) is 0 Å². The predicted octanol–water partition coefficient (Wildman–Crippen LogP) is 2.70. The van der Waals surface area contributed by atoms with Gasteiger partial charge in [0.1, 0.15) is 25.4 Å². The van der Waals surface area contributed by atoms with Gasteiger partial charge in [-0.25, -0.2) is 9.59 Å². The summed E-state index contributed by atoms with van der Waals surface area (Å²) < 4.78 is 26.8. The molecular formula is C38H56N2O13. The van der Waals surface area contributed by atoms with Gasteiger partial charge in [-0.15, -0.1) is 0 Å². The van der Waals surface area contributed by atoms with Crippen molar-refractivity contribution >= 4 is 35.7 Å². The number of unbranched alkanes of at least 4 members (excludes halogenated alkanes) is 2. The normalized spacial score (nSPS) is 19.0. The number of rotatable bonds is 22. The van der Waals surface area contributed by atoms with E-state index in [9.17, 15) is 39.0 Å². The number of benzene rings is 1. The first-order valence-electron chi connectivity index (χ1n) is 18.0. The topological polar surface area (TPSA) is 213 Å². The van der Waals surface area contributed by atoms with Crippen LogP contribution in [0, 0.1) is 5.41 Å². The highest BCUT2D eigenvalue weighted by Crippen LogP contribution is 2.52. The van der Waals surface area contributed by atoms with Crippen molar-refractivity contribution < 1.29 is 62.7 Å². The molecule has 0 aromatic heterocycles. The molecule has 2 rings (SSSR count). The molecule has 4 atom stereocenters. The number of hydrogen-bond acceptors (Lipinski definition) is 13. The minimum absolute atomic E-state index is 0.0478. The molecule has 0 saturated heterocycles. The van der Waals surface area contributed by atoms with E-state index in [-0.39, 0.29) is 18.8 Å². The second-order valence-electron chi connectivity index (χ2n) is 13.4. The quantitative estimate of drug-likeness (QED) is 0.0582. The zero-order chi connectivity index (χ0) is 39.6. The molecule has 1 aliphatic rings. The number of aliphatic hydroxyl groups excluding tert-OH is 1. The maximum absolute atomic E-state index is 13.7. The van der Waals surface area contributed by atoms with Crippen LogP contribution in [0.2, 0.25) is 0 Å². The highest BCUT2D eigenvalue weighted by atomic mass is 16.6. The molecule has 53 heavy (non-hydrogen) atoms. The van der Waals surface area contributed by atoms with Crippen LogP contribution in [0.15, 0.2) is 41.5 Å². The Bertz CT molecular complexity index is 1430. The van der Waals surface area contributed by atoms with Gasteiger partial charge in [-0.2, -0.15) is 0 Å². The Balaban J connectivity index is 2.16. The molecule has 15 heteroatoms. The van der Waals surface area contributed by atoms with E-state index in [1.54, 1.807) is 58.0 Å². The van der Waals surface area contributed by atoms with Gasteiger partial charge in [0.05, 0.1) is 25.4 Å². The molecular weight excluding hydrogens is 692 g/mol. The lowest BCUT2D eigenvalue weighted by molar-refractivity contribution is -0.177. The Morgan fingerprint density at radius 2 is 1.64 bits per heavy atom. The van der Waals surface area contributed by atoms with Gasteiger partial charge in [-0.1, -0.05) is 51.8 Å². The van der Waals surface area contributed by atoms with E-state index in [2.05, 4.69) is 10.6 Å². The van der Waals surface area contributed by atoms with Crippen LogP contribution in [0.5, 0.6) is 0 Å². The average Bonchev–Trinajstić information content (AvgIpc) is 3.10. The molecule has 0 saturated carbocycles. The highest BCUT2D eigenvalue weighted by Gasteiger charge is 2.54. The van der Waals surface area contributed by atoms with Crippen LogP contribution in [-0.2, 0) is 47.7 Å². The Labute approximate surface area is 311 Å². The van der Waals surface area contributed by atoms with Crippen molar-refractivity contribution in [2.45, 2.75) is 110 Å². The van der Waals surface area contributed by atoms with Crippen LogP contribution in [0.25, 0.3) is 0 Å². The summed E-state index contributed by atoms with van der Waals surface area (Å²) in [5.74, 6) is -4.00. The number of nitrogens with one attached hydrogen (secondary N) is 2. The fourth-order valence-electron chi connectivity index (χ4n) is 6.40. The number of aliphatic hydroxyl groups is 2. The van der Waals surface area contributed by atoms with Gasteiger partial charge in [-0.05, 0) is 56.4 Å². The highest BCUT2D eigenvalue weighted by molar-refractivity contribution is 5.94. The van der Waals surface area contributed by atoms with Crippen molar-refractivity contribution in [1.29, 1.82) is 0 Å². The molecule has 0 aliphatic heterocycles. The number of carbonyl (C=O) groups is 6. The van der Waals surface area contributed by atoms with E-state index in [4.69, 9.17) is 23.7 Å². The Morgan fingerprint density at radius 3 is 2.26 bits per heavy atom. The summed E-state index contributed by atoms with van der Waals surface area (Å²) in [5, 5.41) is 27.4. The molecule has 15 nitrogen and oxygen atoms in total. The standard InChI is InChI=1S/C38H56N2O13/c1-7-18-38(48)20-28(25(3)34(37(38,5)6)30(22-41)51-26(4)42)53-36(47)29(21-40-35(46)27-15-11-9-12-16-27)52-33(45)24-49-23-31(43)39-19-14-10-13-17-32(44)50-8-2/h9,11-12,15-16,28-30,41,48H,7-8,10,13-14,17-24H2,1-6H3,(H,39,43)(H,40,46)/t28-,29+,30-,38-/m0/s1. The molecule has 0 heterocycles. The number of amides is 2. The third-order valence-corrected chi connectivity index (χ3v) is 9.14.